The van der Waals surface area contributed by atoms with E-state index in [4.69, 9.17) is 0 Å². The summed E-state index contributed by atoms with van der Waals surface area (Å²) in [6.45, 7) is 6.69. The van der Waals surface area contributed by atoms with Gasteiger partial charge in [-0.15, -0.1) is 0 Å². The smallest absolute Gasteiger partial charge is 0.0791 e. The van der Waals surface area contributed by atoms with E-state index in [0.29, 0.717) is 6.54 Å². The first-order valence-electron chi connectivity index (χ1n) is 7.57. The van der Waals surface area contributed by atoms with E-state index in [0.717, 1.165) is 26.2 Å². The van der Waals surface area contributed by atoms with E-state index in [-0.39, 0.29) is 6.10 Å². The molecule has 0 bridgehead atoms. The lowest BCUT2D eigenvalue weighted by Crippen LogP contribution is -2.37. The third-order valence-electron chi connectivity index (χ3n) is 3.66. The molecule has 20 heavy (non-hydrogen) atoms. The van der Waals surface area contributed by atoms with Gasteiger partial charge in [0, 0.05) is 19.6 Å². The monoisotopic (exact) mass is 274 g/mol. The highest BCUT2D eigenvalue weighted by Gasteiger charge is 2.15. The number of aliphatic hydroxyl groups is 1. The van der Waals surface area contributed by atoms with Crippen molar-refractivity contribution in [1.82, 2.24) is 10.2 Å². The number of β-amino-alcohol motifs (C(OH)–C–C–N with tert-alkyl or cyclic N) is 1. The maximum Gasteiger partial charge on any atom is 0.0791 e. The van der Waals surface area contributed by atoms with Gasteiger partial charge in [0.05, 0.1) is 6.10 Å². The minimum atomic E-state index is -0.266. The minimum Gasteiger partial charge on any atom is -0.390 e. The minimum absolute atomic E-state index is 0.266. The van der Waals surface area contributed by atoms with Crippen LogP contribution in [-0.2, 0) is 0 Å². The number of nitrogens with zero attached hydrogens (tertiary/aromatic N) is 1. The molecule has 1 heterocycles. The van der Waals surface area contributed by atoms with Crippen molar-refractivity contribution >= 4 is 6.08 Å². The van der Waals surface area contributed by atoms with Gasteiger partial charge in [-0.25, -0.2) is 0 Å². The summed E-state index contributed by atoms with van der Waals surface area (Å²) in [5.41, 5.74) is 2.51. The maximum absolute atomic E-state index is 9.99. The molecule has 2 N–H and O–H groups in total. The molecule has 1 aliphatic heterocycles. The van der Waals surface area contributed by atoms with E-state index in [9.17, 15) is 5.11 Å². The summed E-state index contributed by atoms with van der Waals surface area (Å²) in [6.07, 6.45) is 4.47. The fourth-order valence-corrected chi connectivity index (χ4v) is 2.65. The van der Waals surface area contributed by atoms with Gasteiger partial charge in [0.15, 0.2) is 0 Å². The van der Waals surface area contributed by atoms with E-state index >= 15 is 0 Å². The molecule has 0 aromatic heterocycles. The van der Waals surface area contributed by atoms with Crippen molar-refractivity contribution in [2.24, 2.45) is 0 Å². The predicted octanol–water partition coefficient (Wildman–Crippen LogP) is 2.14. The summed E-state index contributed by atoms with van der Waals surface area (Å²) in [5, 5.41) is 13.3. The second-order valence-electron chi connectivity index (χ2n) is 5.69. The van der Waals surface area contributed by atoms with Gasteiger partial charge in [0.1, 0.15) is 0 Å². The molecular weight excluding hydrogens is 248 g/mol. The Morgan fingerprint density at radius 2 is 2.00 bits per heavy atom. The van der Waals surface area contributed by atoms with Crippen molar-refractivity contribution in [1.29, 1.82) is 0 Å². The Balaban J connectivity index is 1.65. The number of aliphatic hydroxyl groups excluding tert-OH is 1. The second kappa shape index (κ2) is 8.20. The Morgan fingerprint density at radius 1 is 1.30 bits per heavy atom. The molecule has 0 amide bonds. The molecule has 1 saturated heterocycles. The quantitative estimate of drug-likeness (QED) is 0.799. The van der Waals surface area contributed by atoms with Crippen molar-refractivity contribution < 1.29 is 5.11 Å². The van der Waals surface area contributed by atoms with Crippen LogP contribution in [0.15, 0.2) is 35.9 Å². The fourth-order valence-electron chi connectivity index (χ4n) is 2.65. The molecule has 0 radical (unpaired) electrons. The topological polar surface area (TPSA) is 35.5 Å². The summed E-state index contributed by atoms with van der Waals surface area (Å²) >= 11 is 0. The molecule has 1 aromatic rings. The first-order chi connectivity index (χ1) is 9.74. The van der Waals surface area contributed by atoms with Crippen LogP contribution in [0.1, 0.15) is 25.3 Å². The Labute approximate surface area is 122 Å². The number of benzene rings is 1. The zero-order chi connectivity index (χ0) is 14.2. The molecule has 1 unspecified atom stereocenters. The first kappa shape index (κ1) is 15.2. The maximum atomic E-state index is 9.99. The number of likely N-dealkylation sites (tertiary alicyclic amines) is 1. The van der Waals surface area contributed by atoms with Crippen molar-refractivity contribution in [3.63, 3.8) is 0 Å². The van der Waals surface area contributed by atoms with Gasteiger partial charge in [-0.05, 0) is 38.4 Å². The summed E-state index contributed by atoms with van der Waals surface area (Å²) in [6, 6.07) is 10.3. The Bertz CT molecular complexity index is 410. The predicted molar refractivity (Wildman–Crippen MR) is 84.6 cm³/mol. The van der Waals surface area contributed by atoms with Gasteiger partial charge in [0.25, 0.3) is 0 Å². The lowest BCUT2D eigenvalue weighted by molar-refractivity contribution is 0.124. The second-order valence-corrected chi connectivity index (χ2v) is 5.69. The van der Waals surface area contributed by atoms with Crippen LogP contribution in [0.4, 0.5) is 0 Å². The SMILES string of the molecule is C/C(=C/c1ccccc1)CNCC(O)CN1CCCC1. The van der Waals surface area contributed by atoms with Crippen LogP contribution in [0.3, 0.4) is 0 Å². The van der Waals surface area contributed by atoms with Gasteiger partial charge in [0.2, 0.25) is 0 Å². The third-order valence-corrected chi connectivity index (χ3v) is 3.66. The molecule has 2 rings (SSSR count). The molecule has 0 aliphatic carbocycles. The van der Waals surface area contributed by atoms with Gasteiger partial charge < -0.3 is 15.3 Å². The summed E-state index contributed by atoms with van der Waals surface area (Å²) < 4.78 is 0. The number of rotatable bonds is 7. The van der Waals surface area contributed by atoms with Gasteiger partial charge in [-0.2, -0.15) is 0 Å². The highest BCUT2D eigenvalue weighted by atomic mass is 16.3. The van der Waals surface area contributed by atoms with Crippen LogP contribution in [0.5, 0.6) is 0 Å². The molecule has 1 aromatic carbocycles. The molecular formula is C17H26N2O. The van der Waals surface area contributed by atoms with E-state index in [2.05, 4.69) is 35.3 Å². The largest absolute Gasteiger partial charge is 0.390 e. The van der Waals surface area contributed by atoms with Crippen molar-refractivity contribution in [2.45, 2.75) is 25.9 Å². The lowest BCUT2D eigenvalue weighted by Gasteiger charge is -2.19. The van der Waals surface area contributed by atoms with Crippen LogP contribution in [0.25, 0.3) is 6.08 Å². The normalized spacial score (nSPS) is 18.4. The van der Waals surface area contributed by atoms with Crippen molar-refractivity contribution in [3.8, 4) is 0 Å². The van der Waals surface area contributed by atoms with Gasteiger partial charge >= 0.3 is 0 Å². The highest BCUT2D eigenvalue weighted by Crippen LogP contribution is 2.08. The molecule has 1 aliphatic rings. The summed E-state index contributed by atoms with van der Waals surface area (Å²) in [5.74, 6) is 0. The number of nitrogens with one attached hydrogen (secondary N) is 1. The number of hydrogen-bond acceptors (Lipinski definition) is 3. The van der Waals surface area contributed by atoms with Crippen molar-refractivity contribution in [3.05, 3.63) is 41.5 Å². The zero-order valence-corrected chi connectivity index (χ0v) is 12.4. The van der Waals surface area contributed by atoms with Crippen LogP contribution >= 0.6 is 0 Å². The zero-order valence-electron chi connectivity index (χ0n) is 12.4. The van der Waals surface area contributed by atoms with E-state index in [1.165, 1.54) is 24.0 Å². The van der Waals surface area contributed by atoms with Gasteiger partial charge in [-0.1, -0.05) is 42.0 Å². The van der Waals surface area contributed by atoms with E-state index in [1.54, 1.807) is 0 Å². The number of hydrogen-bond donors (Lipinski definition) is 2. The molecule has 3 heteroatoms. The molecule has 1 atom stereocenters. The molecule has 1 fully saturated rings. The van der Waals surface area contributed by atoms with Crippen LogP contribution in [0, 0.1) is 0 Å². The van der Waals surface area contributed by atoms with Crippen molar-refractivity contribution in [2.75, 3.05) is 32.7 Å². The molecule has 0 saturated carbocycles. The Hall–Kier alpha value is -1.16. The van der Waals surface area contributed by atoms with E-state index in [1.807, 2.05) is 18.2 Å². The lowest BCUT2D eigenvalue weighted by atomic mass is 10.1. The fraction of sp³-hybridized carbons (Fsp3) is 0.529. The first-order valence-corrected chi connectivity index (χ1v) is 7.57. The Kier molecular flexibility index (Phi) is 6.25. The van der Waals surface area contributed by atoms with Crippen LogP contribution in [0.2, 0.25) is 0 Å². The third kappa shape index (κ3) is 5.45. The highest BCUT2D eigenvalue weighted by molar-refractivity contribution is 5.52. The summed E-state index contributed by atoms with van der Waals surface area (Å²) in [7, 11) is 0. The summed E-state index contributed by atoms with van der Waals surface area (Å²) in [4.78, 5) is 2.35. The average Bonchev–Trinajstić information content (AvgIpc) is 2.92. The van der Waals surface area contributed by atoms with Gasteiger partial charge in [-0.3, -0.25) is 0 Å². The molecule has 0 spiro atoms. The van der Waals surface area contributed by atoms with Crippen LogP contribution < -0.4 is 5.32 Å². The molecule has 110 valence electrons. The Morgan fingerprint density at radius 3 is 2.70 bits per heavy atom. The molecule has 3 nitrogen and oxygen atoms in total. The van der Waals surface area contributed by atoms with E-state index < -0.39 is 0 Å². The van der Waals surface area contributed by atoms with Crippen LogP contribution in [-0.4, -0.2) is 48.8 Å². The standard InChI is InChI=1S/C17H26N2O/c1-15(11-16-7-3-2-4-8-16)12-18-13-17(20)14-19-9-5-6-10-19/h2-4,7-8,11,17-18,20H,5-6,9-10,12-14H2,1H3/b15-11-. The average molecular weight is 274 g/mol.